The van der Waals surface area contributed by atoms with Gasteiger partial charge >= 0.3 is 0 Å². The number of aliphatic hydroxyl groups is 1. The number of fused-ring (bicyclic) bond motifs is 1. The summed E-state index contributed by atoms with van der Waals surface area (Å²) < 4.78 is 32.1. The molecule has 0 fully saturated rings. The fourth-order valence-electron chi connectivity index (χ4n) is 2.94. The predicted octanol–water partition coefficient (Wildman–Crippen LogP) is 2.30. The smallest absolute Gasteiger partial charge is 0.253 e. The highest BCUT2D eigenvalue weighted by atomic mass is 19.1. The molecular weight excluding hydrogens is 328 g/mol. The molecule has 25 heavy (non-hydrogen) atoms. The van der Waals surface area contributed by atoms with Crippen LogP contribution in [0.5, 0.6) is 0 Å². The molecule has 0 radical (unpaired) electrons. The summed E-state index contributed by atoms with van der Waals surface area (Å²) in [5.74, 6) is -1.72. The molecular formula is C19H19F2NO3. The zero-order valence-electron chi connectivity index (χ0n) is 13.5. The van der Waals surface area contributed by atoms with Crippen molar-refractivity contribution in [3.63, 3.8) is 0 Å². The molecule has 4 nitrogen and oxygen atoms in total. The number of rotatable bonds is 5. The molecule has 2 aromatic rings. The van der Waals surface area contributed by atoms with E-state index in [0.29, 0.717) is 6.61 Å². The fourth-order valence-corrected chi connectivity index (χ4v) is 2.94. The maximum absolute atomic E-state index is 13.6. The lowest BCUT2D eigenvalue weighted by molar-refractivity contribution is -0.134. The third kappa shape index (κ3) is 4.21. The van der Waals surface area contributed by atoms with Crippen LogP contribution in [0.3, 0.4) is 0 Å². The van der Waals surface area contributed by atoms with Crippen molar-refractivity contribution in [2.45, 2.75) is 25.0 Å². The van der Waals surface area contributed by atoms with Crippen molar-refractivity contribution in [1.29, 1.82) is 0 Å². The van der Waals surface area contributed by atoms with Crippen LogP contribution in [0.4, 0.5) is 8.78 Å². The van der Waals surface area contributed by atoms with Gasteiger partial charge < -0.3 is 15.2 Å². The summed E-state index contributed by atoms with van der Waals surface area (Å²) in [6, 6.07) is 10.8. The van der Waals surface area contributed by atoms with E-state index in [4.69, 9.17) is 4.74 Å². The van der Waals surface area contributed by atoms with Crippen molar-refractivity contribution >= 4 is 5.91 Å². The lowest BCUT2D eigenvalue weighted by Gasteiger charge is -2.25. The largest absolute Gasteiger partial charge is 0.391 e. The number of ether oxygens (including phenoxy) is 1. The summed E-state index contributed by atoms with van der Waals surface area (Å²) in [5.41, 5.74) is 2.09. The maximum atomic E-state index is 13.6. The minimum Gasteiger partial charge on any atom is -0.391 e. The second kappa shape index (κ2) is 7.72. The number of hydrogen-bond acceptors (Lipinski definition) is 3. The number of carbonyl (C=O) groups excluding carboxylic acids is 1. The summed E-state index contributed by atoms with van der Waals surface area (Å²) in [7, 11) is 0. The standard InChI is InChI=1S/C19H19F2NO3/c20-14-6-5-13(17(21)10-14)9-15(23)11-22-19(24)18-16-4-2-1-3-12(16)7-8-25-18/h1-6,10,15,18,23H,7-9,11H2,(H,22,24). The Balaban J connectivity index is 1.57. The Morgan fingerprint density at radius 3 is 2.88 bits per heavy atom. The summed E-state index contributed by atoms with van der Waals surface area (Å²) in [6.45, 7) is 0.413. The second-order valence-electron chi connectivity index (χ2n) is 6.04. The predicted molar refractivity (Wildman–Crippen MR) is 87.9 cm³/mol. The quantitative estimate of drug-likeness (QED) is 0.873. The normalized spacial score (nSPS) is 17.6. The number of carbonyl (C=O) groups is 1. The minimum atomic E-state index is -0.984. The zero-order chi connectivity index (χ0) is 17.8. The molecule has 2 unspecified atom stereocenters. The molecule has 1 aliphatic heterocycles. The summed E-state index contributed by atoms with van der Waals surface area (Å²) in [4.78, 5) is 12.4. The monoisotopic (exact) mass is 347 g/mol. The van der Waals surface area contributed by atoms with Crippen LogP contribution >= 0.6 is 0 Å². The highest BCUT2D eigenvalue weighted by Gasteiger charge is 2.27. The Bertz CT molecular complexity index is 766. The Morgan fingerprint density at radius 2 is 2.08 bits per heavy atom. The van der Waals surface area contributed by atoms with Gasteiger partial charge in [0.1, 0.15) is 11.6 Å². The van der Waals surface area contributed by atoms with Crippen LogP contribution in [-0.2, 0) is 22.4 Å². The van der Waals surface area contributed by atoms with E-state index >= 15 is 0 Å². The van der Waals surface area contributed by atoms with Gasteiger partial charge in [-0.2, -0.15) is 0 Å². The first kappa shape index (κ1) is 17.5. The van der Waals surface area contributed by atoms with Gasteiger partial charge in [0.15, 0.2) is 6.10 Å². The molecule has 2 N–H and O–H groups in total. The molecule has 2 aromatic carbocycles. The second-order valence-corrected chi connectivity index (χ2v) is 6.04. The number of benzene rings is 2. The van der Waals surface area contributed by atoms with Gasteiger partial charge in [-0.3, -0.25) is 4.79 Å². The van der Waals surface area contributed by atoms with E-state index in [2.05, 4.69) is 5.32 Å². The average molecular weight is 347 g/mol. The molecule has 6 heteroatoms. The SMILES string of the molecule is O=C(NCC(O)Cc1ccc(F)cc1F)C1OCCc2ccccc21. The summed E-state index contributed by atoms with van der Waals surface area (Å²) in [6.07, 6.45) is -0.955. The highest BCUT2D eigenvalue weighted by molar-refractivity contribution is 5.82. The van der Waals surface area contributed by atoms with Gasteiger partial charge in [0, 0.05) is 19.0 Å². The van der Waals surface area contributed by atoms with Crippen molar-refractivity contribution in [3.8, 4) is 0 Å². The Hall–Kier alpha value is -2.31. The molecule has 1 heterocycles. The first-order chi connectivity index (χ1) is 12.0. The summed E-state index contributed by atoms with van der Waals surface area (Å²) in [5, 5.41) is 12.7. The molecule has 3 rings (SSSR count). The molecule has 0 bridgehead atoms. The summed E-state index contributed by atoms with van der Waals surface area (Å²) >= 11 is 0. The number of nitrogens with one attached hydrogen (secondary N) is 1. The van der Waals surface area contributed by atoms with Crippen LogP contribution in [0.25, 0.3) is 0 Å². The van der Waals surface area contributed by atoms with E-state index in [1.165, 1.54) is 6.07 Å². The lowest BCUT2D eigenvalue weighted by Crippen LogP contribution is -2.38. The first-order valence-electron chi connectivity index (χ1n) is 8.13. The third-order valence-electron chi connectivity index (χ3n) is 4.21. The Morgan fingerprint density at radius 1 is 1.28 bits per heavy atom. The fraction of sp³-hybridized carbons (Fsp3) is 0.316. The molecule has 1 aliphatic rings. The van der Waals surface area contributed by atoms with E-state index in [1.54, 1.807) is 0 Å². The van der Waals surface area contributed by atoms with Crippen molar-refractivity contribution in [2.75, 3.05) is 13.2 Å². The van der Waals surface area contributed by atoms with Crippen LogP contribution in [0.2, 0.25) is 0 Å². The van der Waals surface area contributed by atoms with Gasteiger partial charge in [-0.1, -0.05) is 30.3 Å². The van der Waals surface area contributed by atoms with Gasteiger partial charge in [-0.05, 0) is 29.2 Å². The topological polar surface area (TPSA) is 58.6 Å². The van der Waals surface area contributed by atoms with E-state index in [9.17, 15) is 18.7 Å². The molecule has 1 amide bonds. The minimum absolute atomic E-state index is 0.0193. The van der Waals surface area contributed by atoms with Crippen LogP contribution in [0, 0.1) is 11.6 Å². The maximum Gasteiger partial charge on any atom is 0.253 e. The van der Waals surface area contributed by atoms with Gasteiger partial charge in [-0.25, -0.2) is 8.78 Å². The van der Waals surface area contributed by atoms with Crippen molar-refractivity contribution < 1.29 is 23.4 Å². The molecule has 132 valence electrons. The van der Waals surface area contributed by atoms with E-state index < -0.39 is 23.8 Å². The van der Waals surface area contributed by atoms with Crippen LogP contribution in [0.15, 0.2) is 42.5 Å². The van der Waals surface area contributed by atoms with Crippen LogP contribution < -0.4 is 5.32 Å². The van der Waals surface area contributed by atoms with Crippen molar-refractivity contribution in [3.05, 3.63) is 70.8 Å². The number of hydrogen-bond donors (Lipinski definition) is 2. The third-order valence-corrected chi connectivity index (χ3v) is 4.21. The zero-order valence-corrected chi connectivity index (χ0v) is 13.5. The molecule has 0 aliphatic carbocycles. The van der Waals surface area contributed by atoms with Crippen LogP contribution in [-0.4, -0.2) is 30.3 Å². The lowest BCUT2D eigenvalue weighted by atomic mass is 9.97. The Labute approximate surface area is 144 Å². The molecule has 0 saturated heterocycles. The molecule has 0 aromatic heterocycles. The number of amides is 1. The van der Waals surface area contributed by atoms with E-state index in [1.807, 2.05) is 24.3 Å². The number of halogens is 2. The number of aliphatic hydroxyl groups excluding tert-OH is 1. The van der Waals surface area contributed by atoms with Gasteiger partial charge in [0.2, 0.25) is 0 Å². The van der Waals surface area contributed by atoms with E-state index in [-0.39, 0.29) is 24.4 Å². The Kier molecular flexibility index (Phi) is 5.40. The van der Waals surface area contributed by atoms with Gasteiger partial charge in [0.25, 0.3) is 5.91 Å². The molecule has 0 saturated carbocycles. The first-order valence-corrected chi connectivity index (χ1v) is 8.13. The van der Waals surface area contributed by atoms with Crippen molar-refractivity contribution in [1.82, 2.24) is 5.32 Å². The average Bonchev–Trinajstić information content (AvgIpc) is 2.61. The van der Waals surface area contributed by atoms with E-state index in [0.717, 1.165) is 29.7 Å². The molecule has 0 spiro atoms. The highest BCUT2D eigenvalue weighted by Crippen LogP contribution is 2.26. The van der Waals surface area contributed by atoms with Gasteiger partial charge in [-0.15, -0.1) is 0 Å². The van der Waals surface area contributed by atoms with Crippen molar-refractivity contribution in [2.24, 2.45) is 0 Å². The van der Waals surface area contributed by atoms with Crippen LogP contribution in [0.1, 0.15) is 22.8 Å². The molecule has 2 atom stereocenters. The van der Waals surface area contributed by atoms with Gasteiger partial charge in [0.05, 0.1) is 12.7 Å².